The van der Waals surface area contributed by atoms with E-state index in [4.69, 9.17) is 23.2 Å². The molecule has 27 heavy (non-hydrogen) atoms. The standard InChI is InChI=1S/C22H19Cl2NOS/c23-18-10-8-17(21(24)14-18)9-13-22(26)25-19-11-6-16(7-12-19)15-27-20-4-2-1-3-5-20/h1-8,10-12,14H,9,13,15H2,(H,25,26). The number of halogens is 2. The Morgan fingerprint density at radius 2 is 1.67 bits per heavy atom. The number of hydrogen-bond acceptors (Lipinski definition) is 2. The number of carbonyl (C=O) groups is 1. The van der Waals surface area contributed by atoms with Gasteiger partial charge in [-0.15, -0.1) is 11.8 Å². The molecule has 0 heterocycles. The average molecular weight is 416 g/mol. The predicted molar refractivity (Wildman–Crippen MR) is 116 cm³/mol. The van der Waals surface area contributed by atoms with Crippen LogP contribution in [-0.4, -0.2) is 5.91 Å². The van der Waals surface area contributed by atoms with Crippen LogP contribution in [0.25, 0.3) is 0 Å². The highest BCUT2D eigenvalue weighted by molar-refractivity contribution is 7.98. The molecular weight excluding hydrogens is 397 g/mol. The number of aryl methyl sites for hydroxylation is 1. The summed E-state index contributed by atoms with van der Waals surface area (Å²) in [5, 5.41) is 4.12. The zero-order chi connectivity index (χ0) is 19.1. The van der Waals surface area contributed by atoms with Crippen LogP contribution in [0.4, 0.5) is 5.69 Å². The van der Waals surface area contributed by atoms with E-state index < -0.39 is 0 Å². The van der Waals surface area contributed by atoms with Gasteiger partial charge in [0.05, 0.1) is 0 Å². The van der Waals surface area contributed by atoms with Crippen LogP contribution < -0.4 is 5.32 Å². The van der Waals surface area contributed by atoms with Crippen LogP contribution in [-0.2, 0) is 17.0 Å². The molecule has 0 atom stereocenters. The monoisotopic (exact) mass is 415 g/mol. The molecule has 3 rings (SSSR count). The van der Waals surface area contributed by atoms with Gasteiger partial charge in [-0.25, -0.2) is 0 Å². The van der Waals surface area contributed by atoms with Crippen molar-refractivity contribution in [1.82, 2.24) is 0 Å². The fourth-order valence-electron chi connectivity index (χ4n) is 2.56. The minimum Gasteiger partial charge on any atom is -0.326 e. The van der Waals surface area contributed by atoms with Crippen LogP contribution in [0.2, 0.25) is 10.0 Å². The zero-order valence-electron chi connectivity index (χ0n) is 14.6. The van der Waals surface area contributed by atoms with Crippen LogP contribution in [0.5, 0.6) is 0 Å². The van der Waals surface area contributed by atoms with Crippen molar-refractivity contribution < 1.29 is 4.79 Å². The van der Waals surface area contributed by atoms with Crippen LogP contribution in [0.3, 0.4) is 0 Å². The Kier molecular flexibility index (Phi) is 7.22. The molecule has 0 spiro atoms. The van der Waals surface area contributed by atoms with Gasteiger partial charge in [-0.1, -0.05) is 59.6 Å². The summed E-state index contributed by atoms with van der Waals surface area (Å²) in [7, 11) is 0. The Labute approximate surface area is 173 Å². The van der Waals surface area contributed by atoms with Crippen molar-refractivity contribution in [2.24, 2.45) is 0 Å². The molecule has 2 nitrogen and oxygen atoms in total. The largest absolute Gasteiger partial charge is 0.326 e. The van der Waals surface area contributed by atoms with Crippen LogP contribution in [0.1, 0.15) is 17.5 Å². The maximum atomic E-state index is 12.2. The number of benzene rings is 3. The highest BCUT2D eigenvalue weighted by Gasteiger charge is 2.07. The van der Waals surface area contributed by atoms with Gasteiger partial charge in [-0.3, -0.25) is 4.79 Å². The smallest absolute Gasteiger partial charge is 0.224 e. The summed E-state index contributed by atoms with van der Waals surface area (Å²) in [5.74, 6) is 0.861. The maximum absolute atomic E-state index is 12.2. The first-order chi connectivity index (χ1) is 13.1. The molecule has 1 N–H and O–H groups in total. The lowest BCUT2D eigenvalue weighted by molar-refractivity contribution is -0.116. The number of anilines is 1. The first-order valence-electron chi connectivity index (χ1n) is 8.61. The normalized spacial score (nSPS) is 10.6. The predicted octanol–water partition coefficient (Wildman–Crippen LogP) is 6.86. The number of hydrogen-bond donors (Lipinski definition) is 1. The van der Waals surface area contributed by atoms with Gasteiger partial charge >= 0.3 is 0 Å². The van der Waals surface area contributed by atoms with E-state index in [1.54, 1.807) is 23.9 Å². The molecule has 0 radical (unpaired) electrons. The molecule has 138 valence electrons. The molecule has 0 fully saturated rings. The van der Waals surface area contributed by atoms with E-state index in [9.17, 15) is 4.79 Å². The molecule has 0 aliphatic carbocycles. The summed E-state index contributed by atoms with van der Waals surface area (Å²) in [6, 6.07) is 23.6. The summed E-state index contributed by atoms with van der Waals surface area (Å²) in [5.41, 5.74) is 2.94. The van der Waals surface area contributed by atoms with Gasteiger partial charge in [0.25, 0.3) is 0 Å². The Morgan fingerprint density at radius 1 is 0.926 bits per heavy atom. The van der Waals surface area contributed by atoms with Crippen LogP contribution >= 0.6 is 35.0 Å². The first kappa shape index (κ1) is 19.8. The highest BCUT2D eigenvalue weighted by Crippen LogP contribution is 2.24. The number of rotatable bonds is 7. The third-order valence-electron chi connectivity index (χ3n) is 4.02. The summed E-state index contributed by atoms with van der Waals surface area (Å²) in [6.45, 7) is 0. The molecular formula is C22H19Cl2NOS. The molecule has 5 heteroatoms. The van der Waals surface area contributed by atoms with Gasteiger partial charge in [-0.05, 0) is 53.9 Å². The van der Waals surface area contributed by atoms with Crippen LogP contribution in [0.15, 0.2) is 77.7 Å². The molecule has 0 saturated carbocycles. The number of thioether (sulfide) groups is 1. The second-order valence-corrected chi connectivity index (χ2v) is 7.97. The Morgan fingerprint density at radius 3 is 2.37 bits per heavy atom. The van der Waals surface area contributed by atoms with Gasteiger partial charge in [0, 0.05) is 32.8 Å². The summed E-state index contributed by atoms with van der Waals surface area (Å²) in [6.07, 6.45) is 0.945. The lowest BCUT2D eigenvalue weighted by atomic mass is 10.1. The van der Waals surface area contributed by atoms with Gasteiger partial charge in [-0.2, -0.15) is 0 Å². The minimum atomic E-state index is -0.0348. The van der Waals surface area contributed by atoms with Gasteiger partial charge in [0.2, 0.25) is 5.91 Å². The lowest BCUT2D eigenvalue weighted by Crippen LogP contribution is -2.12. The van der Waals surface area contributed by atoms with E-state index in [0.29, 0.717) is 22.9 Å². The Hall–Kier alpha value is -1.94. The third-order valence-corrected chi connectivity index (χ3v) is 5.69. The van der Waals surface area contributed by atoms with E-state index in [0.717, 1.165) is 17.0 Å². The van der Waals surface area contributed by atoms with E-state index in [-0.39, 0.29) is 5.91 Å². The summed E-state index contributed by atoms with van der Waals surface area (Å²) >= 11 is 13.8. The van der Waals surface area contributed by atoms with Crippen molar-refractivity contribution in [2.75, 3.05) is 5.32 Å². The van der Waals surface area contributed by atoms with Crippen molar-refractivity contribution in [1.29, 1.82) is 0 Å². The van der Waals surface area contributed by atoms with Crippen molar-refractivity contribution >= 4 is 46.6 Å². The summed E-state index contributed by atoms with van der Waals surface area (Å²) in [4.78, 5) is 13.4. The quantitative estimate of drug-likeness (QED) is 0.427. The maximum Gasteiger partial charge on any atom is 0.224 e. The second kappa shape index (κ2) is 9.84. The molecule has 0 aromatic heterocycles. The first-order valence-corrected chi connectivity index (χ1v) is 10.3. The van der Waals surface area contributed by atoms with Crippen molar-refractivity contribution in [3.8, 4) is 0 Å². The van der Waals surface area contributed by atoms with Gasteiger partial charge in [0.15, 0.2) is 0 Å². The van der Waals surface area contributed by atoms with Crippen molar-refractivity contribution in [2.45, 2.75) is 23.5 Å². The molecule has 0 aliphatic heterocycles. The third kappa shape index (κ3) is 6.31. The van der Waals surface area contributed by atoms with Gasteiger partial charge in [0.1, 0.15) is 0 Å². The number of carbonyl (C=O) groups excluding carboxylic acids is 1. The topological polar surface area (TPSA) is 29.1 Å². The molecule has 1 amide bonds. The van der Waals surface area contributed by atoms with Gasteiger partial charge < -0.3 is 5.32 Å². The molecule has 3 aromatic rings. The number of amides is 1. The van der Waals surface area contributed by atoms with Crippen LogP contribution in [0, 0.1) is 0 Å². The average Bonchev–Trinajstić information content (AvgIpc) is 2.67. The zero-order valence-corrected chi connectivity index (χ0v) is 17.0. The SMILES string of the molecule is O=C(CCc1ccc(Cl)cc1Cl)Nc1ccc(CSc2ccccc2)cc1. The van der Waals surface area contributed by atoms with Crippen molar-refractivity contribution in [3.63, 3.8) is 0 Å². The molecule has 0 bridgehead atoms. The Balaban J connectivity index is 1.48. The molecule has 0 unspecified atom stereocenters. The molecule has 0 aliphatic rings. The van der Waals surface area contributed by atoms with E-state index in [1.807, 2.05) is 48.5 Å². The molecule has 3 aromatic carbocycles. The van der Waals surface area contributed by atoms with Crippen molar-refractivity contribution in [3.05, 3.63) is 94.0 Å². The van der Waals surface area contributed by atoms with E-state index >= 15 is 0 Å². The minimum absolute atomic E-state index is 0.0348. The molecule has 0 saturated heterocycles. The second-order valence-electron chi connectivity index (χ2n) is 6.08. The highest BCUT2D eigenvalue weighted by atomic mass is 35.5. The lowest BCUT2D eigenvalue weighted by Gasteiger charge is -2.08. The summed E-state index contributed by atoms with van der Waals surface area (Å²) < 4.78 is 0. The van der Waals surface area contributed by atoms with E-state index in [2.05, 4.69) is 17.4 Å². The number of nitrogens with one attached hydrogen (secondary N) is 1. The fraction of sp³-hybridized carbons (Fsp3) is 0.136. The Bertz CT molecular complexity index is 898. The van der Waals surface area contributed by atoms with E-state index in [1.165, 1.54) is 10.5 Å². The fourth-order valence-corrected chi connectivity index (χ4v) is 3.94.